The van der Waals surface area contributed by atoms with Crippen LogP contribution in [0.1, 0.15) is 5.56 Å². The molecule has 1 fully saturated rings. The number of halogens is 3. The average Bonchev–Trinajstić information content (AvgIpc) is 2.69. The van der Waals surface area contributed by atoms with Crippen molar-refractivity contribution in [1.29, 1.82) is 0 Å². The van der Waals surface area contributed by atoms with Crippen LogP contribution in [0.2, 0.25) is 0 Å². The summed E-state index contributed by atoms with van der Waals surface area (Å²) in [5.74, 6) is -0.653. The summed E-state index contributed by atoms with van der Waals surface area (Å²) in [6, 6.07) is 7.70. The number of hydrogen-bond donors (Lipinski definition) is 1. The predicted molar refractivity (Wildman–Crippen MR) is 105 cm³/mol. The molecule has 3 rings (SSSR count). The number of nitrogens with one attached hydrogen (secondary N) is 1. The molecule has 1 heterocycles. The topological polar surface area (TPSA) is 61.9 Å². The number of anilines is 2. The summed E-state index contributed by atoms with van der Waals surface area (Å²) >= 11 is 0. The number of piperazine rings is 1. The van der Waals surface area contributed by atoms with Crippen LogP contribution >= 0.6 is 0 Å². The molecule has 1 aliphatic heterocycles. The highest BCUT2D eigenvalue weighted by Crippen LogP contribution is 2.31. The minimum atomic E-state index is -4.06. The highest BCUT2D eigenvalue weighted by atomic mass is 32.2. The molecule has 1 aliphatic rings. The fraction of sp³-hybridized carbons (Fsp3) is 0.368. The number of ether oxygens (including phenoxy) is 1. The Bertz CT molecular complexity index is 980. The Morgan fingerprint density at radius 1 is 1.14 bits per heavy atom. The van der Waals surface area contributed by atoms with Gasteiger partial charge in [0.05, 0.1) is 16.3 Å². The molecule has 0 amide bonds. The van der Waals surface area contributed by atoms with Crippen LogP contribution in [0.4, 0.5) is 24.5 Å². The van der Waals surface area contributed by atoms with Crippen molar-refractivity contribution in [2.24, 2.45) is 0 Å². The molecule has 0 saturated carbocycles. The van der Waals surface area contributed by atoms with Crippen LogP contribution in [0, 0.1) is 12.7 Å². The van der Waals surface area contributed by atoms with E-state index in [1.807, 2.05) is 0 Å². The summed E-state index contributed by atoms with van der Waals surface area (Å²) in [5, 5.41) is 3.16. The summed E-state index contributed by atoms with van der Waals surface area (Å²) in [6.07, 6.45) is 0. The highest BCUT2D eigenvalue weighted by molar-refractivity contribution is 7.92. The number of benzene rings is 2. The average molecular weight is 429 g/mol. The Kier molecular flexibility index (Phi) is 6.23. The third-order valence-electron chi connectivity index (χ3n) is 4.78. The molecule has 2 aromatic carbocycles. The summed E-state index contributed by atoms with van der Waals surface area (Å²) in [6.45, 7) is 1.10. The Morgan fingerprint density at radius 2 is 1.83 bits per heavy atom. The summed E-state index contributed by atoms with van der Waals surface area (Å²) < 4.78 is 71.0. The second kappa shape index (κ2) is 8.50. The molecule has 2 aromatic rings. The minimum absolute atomic E-state index is 0.0884. The zero-order valence-electron chi connectivity index (χ0n) is 16.0. The Balaban J connectivity index is 1.96. The van der Waals surface area contributed by atoms with Gasteiger partial charge in [0.1, 0.15) is 11.6 Å². The lowest BCUT2D eigenvalue weighted by Crippen LogP contribution is -2.44. The standard InChI is InChI=1S/C19H22F3N3O3S/c1-13-3-4-14(28-19(21)22)11-17(13)24(2)29(26,27)15-5-6-16(20)18(12-15)25-9-7-23-8-10-25/h3-6,11-12,19,23H,7-10H2,1-2H3. The predicted octanol–water partition coefficient (Wildman–Crippen LogP) is 2.97. The number of sulfonamides is 1. The lowest BCUT2D eigenvalue weighted by atomic mass is 10.2. The van der Waals surface area contributed by atoms with Crippen LogP contribution in [-0.2, 0) is 10.0 Å². The SMILES string of the molecule is Cc1ccc(OC(F)F)cc1N(C)S(=O)(=O)c1ccc(F)c(N2CCNCC2)c1. The molecule has 0 bridgehead atoms. The van der Waals surface area contributed by atoms with Crippen molar-refractivity contribution in [1.82, 2.24) is 5.32 Å². The van der Waals surface area contributed by atoms with Gasteiger partial charge in [-0.25, -0.2) is 12.8 Å². The Labute approximate surface area is 167 Å². The van der Waals surface area contributed by atoms with Gasteiger partial charge in [0.25, 0.3) is 10.0 Å². The quantitative estimate of drug-likeness (QED) is 0.765. The van der Waals surface area contributed by atoms with E-state index < -0.39 is 22.5 Å². The largest absolute Gasteiger partial charge is 0.435 e. The minimum Gasteiger partial charge on any atom is -0.435 e. The molecule has 1 N–H and O–H groups in total. The fourth-order valence-electron chi connectivity index (χ4n) is 3.19. The van der Waals surface area contributed by atoms with Crippen molar-refractivity contribution in [3.63, 3.8) is 0 Å². The number of nitrogens with zero attached hydrogens (tertiary/aromatic N) is 2. The first-order chi connectivity index (χ1) is 13.7. The van der Waals surface area contributed by atoms with Crippen molar-refractivity contribution in [3.8, 4) is 5.75 Å². The molecule has 0 atom stereocenters. The van der Waals surface area contributed by atoms with Crippen LogP contribution in [-0.4, -0.2) is 48.3 Å². The maximum absolute atomic E-state index is 14.3. The number of hydrogen-bond acceptors (Lipinski definition) is 5. The van der Waals surface area contributed by atoms with E-state index in [1.54, 1.807) is 11.8 Å². The number of rotatable bonds is 6. The first-order valence-electron chi connectivity index (χ1n) is 9.00. The zero-order valence-corrected chi connectivity index (χ0v) is 16.8. The Morgan fingerprint density at radius 3 is 2.48 bits per heavy atom. The molecule has 0 aromatic heterocycles. The summed E-state index contributed by atoms with van der Waals surface area (Å²) in [7, 11) is -2.74. The molecular formula is C19H22F3N3O3S. The van der Waals surface area contributed by atoms with Gasteiger partial charge in [0.2, 0.25) is 0 Å². The lowest BCUT2D eigenvalue weighted by Gasteiger charge is -2.30. The second-order valence-corrected chi connectivity index (χ2v) is 8.62. The first kappa shape index (κ1) is 21.3. The van der Waals surface area contributed by atoms with Crippen molar-refractivity contribution in [2.45, 2.75) is 18.4 Å². The molecule has 0 aliphatic carbocycles. The molecule has 0 radical (unpaired) electrons. The fourth-order valence-corrected chi connectivity index (χ4v) is 4.47. The van der Waals surface area contributed by atoms with Crippen molar-refractivity contribution in [3.05, 3.63) is 47.8 Å². The van der Waals surface area contributed by atoms with Gasteiger partial charge in [-0.15, -0.1) is 0 Å². The molecule has 1 saturated heterocycles. The zero-order chi connectivity index (χ0) is 21.2. The van der Waals surface area contributed by atoms with Crippen LogP contribution in [0.15, 0.2) is 41.3 Å². The smallest absolute Gasteiger partial charge is 0.387 e. The van der Waals surface area contributed by atoms with Crippen molar-refractivity contribution >= 4 is 21.4 Å². The molecule has 29 heavy (non-hydrogen) atoms. The van der Waals surface area contributed by atoms with Gasteiger partial charge in [-0.05, 0) is 36.8 Å². The molecule has 10 heteroatoms. The van der Waals surface area contributed by atoms with Gasteiger partial charge in [-0.3, -0.25) is 4.31 Å². The molecule has 158 valence electrons. The van der Waals surface area contributed by atoms with Crippen LogP contribution in [0.3, 0.4) is 0 Å². The van der Waals surface area contributed by atoms with Crippen molar-refractivity contribution in [2.75, 3.05) is 42.4 Å². The molecular weight excluding hydrogens is 407 g/mol. The monoisotopic (exact) mass is 429 g/mol. The van der Waals surface area contributed by atoms with Gasteiger partial charge >= 0.3 is 6.61 Å². The first-order valence-corrected chi connectivity index (χ1v) is 10.4. The molecule has 0 unspecified atom stereocenters. The van der Waals surface area contributed by atoms with E-state index in [-0.39, 0.29) is 22.0 Å². The van der Waals surface area contributed by atoms with Gasteiger partial charge < -0.3 is 15.0 Å². The highest BCUT2D eigenvalue weighted by Gasteiger charge is 2.26. The number of aryl methyl sites for hydroxylation is 1. The van der Waals surface area contributed by atoms with Crippen LogP contribution in [0.5, 0.6) is 5.75 Å². The van der Waals surface area contributed by atoms with Gasteiger partial charge in [0, 0.05) is 39.3 Å². The van der Waals surface area contributed by atoms with E-state index in [9.17, 15) is 21.6 Å². The number of alkyl halides is 2. The maximum atomic E-state index is 14.3. The lowest BCUT2D eigenvalue weighted by molar-refractivity contribution is -0.0498. The molecule has 0 spiro atoms. The van der Waals surface area contributed by atoms with Crippen LogP contribution in [0.25, 0.3) is 0 Å². The van der Waals surface area contributed by atoms with Gasteiger partial charge in [-0.1, -0.05) is 6.07 Å². The summed E-state index contributed by atoms with van der Waals surface area (Å²) in [5.41, 5.74) is 0.964. The third-order valence-corrected chi connectivity index (χ3v) is 6.55. The van der Waals surface area contributed by atoms with E-state index in [2.05, 4.69) is 10.1 Å². The van der Waals surface area contributed by atoms with Gasteiger partial charge in [0.15, 0.2) is 0 Å². The van der Waals surface area contributed by atoms with Crippen LogP contribution < -0.4 is 19.3 Å². The third kappa shape index (κ3) is 4.59. The van der Waals surface area contributed by atoms with E-state index in [1.165, 1.54) is 37.4 Å². The van der Waals surface area contributed by atoms with Gasteiger partial charge in [-0.2, -0.15) is 8.78 Å². The van der Waals surface area contributed by atoms with E-state index in [0.29, 0.717) is 31.7 Å². The maximum Gasteiger partial charge on any atom is 0.387 e. The normalized spacial score (nSPS) is 14.9. The van der Waals surface area contributed by atoms with E-state index in [4.69, 9.17) is 0 Å². The second-order valence-electron chi connectivity index (χ2n) is 6.65. The van der Waals surface area contributed by atoms with E-state index in [0.717, 1.165) is 10.4 Å². The van der Waals surface area contributed by atoms with E-state index >= 15 is 0 Å². The van der Waals surface area contributed by atoms with Crippen molar-refractivity contribution < 1.29 is 26.3 Å². The molecule has 6 nitrogen and oxygen atoms in total. The summed E-state index contributed by atoms with van der Waals surface area (Å²) in [4.78, 5) is 1.70. The Hall–Kier alpha value is -2.46.